The SMILES string of the molecule is Cc1cc(Br)cc(NC(=O)c2c(F)cccc2Br)c1. The minimum atomic E-state index is -0.557. The second-order valence-electron chi connectivity index (χ2n) is 4.07. The Morgan fingerprint density at radius 1 is 1.21 bits per heavy atom. The molecule has 0 saturated heterocycles. The van der Waals surface area contributed by atoms with Gasteiger partial charge in [-0.3, -0.25) is 4.79 Å². The zero-order chi connectivity index (χ0) is 14.0. The van der Waals surface area contributed by atoms with Crippen LogP contribution in [-0.2, 0) is 0 Å². The second kappa shape index (κ2) is 5.84. The minimum Gasteiger partial charge on any atom is -0.322 e. The first kappa shape index (κ1) is 14.2. The van der Waals surface area contributed by atoms with Crippen LogP contribution < -0.4 is 5.32 Å². The predicted octanol–water partition coefficient (Wildman–Crippen LogP) is 4.91. The molecule has 19 heavy (non-hydrogen) atoms. The highest BCUT2D eigenvalue weighted by atomic mass is 79.9. The molecule has 0 aliphatic carbocycles. The Labute approximate surface area is 127 Å². The van der Waals surface area contributed by atoms with Gasteiger partial charge in [0, 0.05) is 14.6 Å². The summed E-state index contributed by atoms with van der Waals surface area (Å²) >= 11 is 6.53. The van der Waals surface area contributed by atoms with Gasteiger partial charge in [-0.1, -0.05) is 22.0 Å². The molecule has 0 fully saturated rings. The van der Waals surface area contributed by atoms with Crippen molar-refractivity contribution in [1.82, 2.24) is 0 Å². The molecule has 0 heterocycles. The van der Waals surface area contributed by atoms with Crippen LogP contribution in [0.4, 0.5) is 10.1 Å². The van der Waals surface area contributed by atoms with Crippen LogP contribution >= 0.6 is 31.9 Å². The van der Waals surface area contributed by atoms with Gasteiger partial charge < -0.3 is 5.32 Å². The first-order valence-corrected chi connectivity index (χ1v) is 7.08. The van der Waals surface area contributed by atoms with Gasteiger partial charge in [-0.15, -0.1) is 0 Å². The molecule has 0 saturated carbocycles. The van der Waals surface area contributed by atoms with E-state index < -0.39 is 11.7 Å². The molecule has 0 radical (unpaired) electrons. The maximum absolute atomic E-state index is 13.7. The maximum Gasteiger partial charge on any atom is 0.259 e. The van der Waals surface area contributed by atoms with Crippen LogP contribution in [-0.4, -0.2) is 5.91 Å². The van der Waals surface area contributed by atoms with Gasteiger partial charge in [-0.25, -0.2) is 4.39 Å². The van der Waals surface area contributed by atoms with Crippen LogP contribution in [0.2, 0.25) is 0 Å². The fourth-order valence-corrected chi connectivity index (χ4v) is 2.85. The Kier molecular flexibility index (Phi) is 4.37. The lowest BCUT2D eigenvalue weighted by Crippen LogP contribution is -2.14. The van der Waals surface area contributed by atoms with Gasteiger partial charge >= 0.3 is 0 Å². The zero-order valence-electron chi connectivity index (χ0n) is 10.0. The van der Waals surface area contributed by atoms with Crippen LogP contribution in [0.1, 0.15) is 15.9 Å². The lowest BCUT2D eigenvalue weighted by Gasteiger charge is -2.09. The summed E-state index contributed by atoms with van der Waals surface area (Å²) in [5.74, 6) is -1.04. The lowest BCUT2D eigenvalue weighted by atomic mass is 10.2. The van der Waals surface area contributed by atoms with E-state index in [0.717, 1.165) is 10.0 Å². The molecule has 0 atom stereocenters. The third kappa shape index (κ3) is 3.42. The van der Waals surface area contributed by atoms with E-state index in [1.54, 1.807) is 18.2 Å². The first-order valence-electron chi connectivity index (χ1n) is 5.50. The molecule has 2 nitrogen and oxygen atoms in total. The van der Waals surface area contributed by atoms with Crippen LogP contribution in [0.15, 0.2) is 45.3 Å². The number of amides is 1. The molecule has 0 spiro atoms. The lowest BCUT2D eigenvalue weighted by molar-refractivity contribution is 0.102. The molecule has 5 heteroatoms. The fraction of sp³-hybridized carbons (Fsp3) is 0.0714. The van der Waals surface area contributed by atoms with E-state index in [0.29, 0.717) is 10.2 Å². The average molecular weight is 387 g/mol. The maximum atomic E-state index is 13.7. The third-order valence-electron chi connectivity index (χ3n) is 2.49. The third-order valence-corrected chi connectivity index (χ3v) is 3.61. The molecule has 0 bridgehead atoms. The van der Waals surface area contributed by atoms with Crippen molar-refractivity contribution >= 4 is 43.5 Å². The Morgan fingerprint density at radius 2 is 1.95 bits per heavy atom. The molecule has 98 valence electrons. The van der Waals surface area contributed by atoms with E-state index in [9.17, 15) is 9.18 Å². The van der Waals surface area contributed by atoms with E-state index in [1.807, 2.05) is 19.1 Å². The first-order chi connectivity index (χ1) is 8.97. The molecule has 2 aromatic rings. The van der Waals surface area contributed by atoms with Gasteiger partial charge in [0.1, 0.15) is 5.82 Å². The normalized spacial score (nSPS) is 10.3. The number of halogens is 3. The summed E-state index contributed by atoms with van der Waals surface area (Å²) in [5.41, 5.74) is 1.62. The molecule has 2 aromatic carbocycles. The van der Waals surface area contributed by atoms with Crippen LogP contribution in [0, 0.1) is 12.7 Å². The van der Waals surface area contributed by atoms with E-state index in [4.69, 9.17) is 0 Å². The monoisotopic (exact) mass is 385 g/mol. The Bertz CT molecular complexity index is 603. The van der Waals surface area contributed by atoms with Crippen molar-refractivity contribution in [3.8, 4) is 0 Å². The van der Waals surface area contributed by atoms with Gasteiger partial charge in [-0.2, -0.15) is 0 Å². The van der Waals surface area contributed by atoms with Crippen LogP contribution in [0.5, 0.6) is 0 Å². The summed E-state index contributed by atoms with van der Waals surface area (Å²) in [6.45, 7) is 1.92. The van der Waals surface area contributed by atoms with Crippen molar-refractivity contribution in [2.45, 2.75) is 6.92 Å². The summed E-state index contributed by atoms with van der Waals surface area (Å²) < 4.78 is 14.9. The Morgan fingerprint density at radius 3 is 2.58 bits per heavy atom. The number of carbonyl (C=O) groups excluding carboxylic acids is 1. The molecular weight excluding hydrogens is 377 g/mol. The van der Waals surface area contributed by atoms with Gasteiger partial charge in [-0.05, 0) is 58.7 Å². The smallest absolute Gasteiger partial charge is 0.259 e. The van der Waals surface area contributed by atoms with Crippen molar-refractivity contribution in [2.24, 2.45) is 0 Å². The predicted molar refractivity (Wildman–Crippen MR) is 80.9 cm³/mol. The highest BCUT2D eigenvalue weighted by Gasteiger charge is 2.15. The Hall–Kier alpha value is -1.20. The summed E-state index contributed by atoms with van der Waals surface area (Å²) in [5, 5.41) is 2.68. The Balaban J connectivity index is 2.31. The summed E-state index contributed by atoms with van der Waals surface area (Å²) in [7, 11) is 0. The van der Waals surface area contributed by atoms with Gasteiger partial charge in [0.2, 0.25) is 0 Å². The fourth-order valence-electron chi connectivity index (χ4n) is 1.72. The molecule has 0 aliphatic rings. The molecule has 0 unspecified atom stereocenters. The minimum absolute atomic E-state index is 0.000119. The van der Waals surface area contributed by atoms with Crippen molar-refractivity contribution in [3.63, 3.8) is 0 Å². The number of nitrogens with one attached hydrogen (secondary N) is 1. The number of rotatable bonds is 2. The van der Waals surface area contributed by atoms with Gasteiger partial charge in [0.25, 0.3) is 5.91 Å². The number of hydrogen-bond acceptors (Lipinski definition) is 1. The number of benzene rings is 2. The molecule has 1 amide bonds. The van der Waals surface area contributed by atoms with E-state index >= 15 is 0 Å². The molecule has 2 rings (SSSR count). The number of anilines is 1. The highest BCUT2D eigenvalue weighted by molar-refractivity contribution is 9.10. The zero-order valence-corrected chi connectivity index (χ0v) is 13.2. The topological polar surface area (TPSA) is 29.1 Å². The molecule has 1 N–H and O–H groups in total. The number of aryl methyl sites for hydroxylation is 1. The standard InChI is InChI=1S/C14H10Br2FNO/c1-8-5-9(15)7-10(6-8)18-14(19)13-11(16)3-2-4-12(13)17/h2-7H,1H3,(H,18,19). The summed E-state index contributed by atoms with van der Waals surface area (Å²) in [6.07, 6.45) is 0. The van der Waals surface area contributed by atoms with Gasteiger partial charge in [0.05, 0.1) is 5.56 Å². The average Bonchev–Trinajstić information content (AvgIpc) is 2.26. The largest absolute Gasteiger partial charge is 0.322 e. The van der Waals surface area contributed by atoms with Crippen molar-refractivity contribution in [2.75, 3.05) is 5.32 Å². The highest BCUT2D eigenvalue weighted by Crippen LogP contribution is 2.23. The van der Waals surface area contributed by atoms with Crippen LogP contribution in [0.25, 0.3) is 0 Å². The van der Waals surface area contributed by atoms with E-state index in [-0.39, 0.29) is 5.56 Å². The summed E-state index contributed by atoms with van der Waals surface area (Å²) in [4.78, 5) is 12.1. The van der Waals surface area contributed by atoms with Crippen LogP contribution in [0.3, 0.4) is 0 Å². The molecule has 0 aromatic heterocycles. The van der Waals surface area contributed by atoms with Crippen molar-refractivity contribution in [3.05, 3.63) is 62.3 Å². The second-order valence-corrected chi connectivity index (χ2v) is 5.84. The van der Waals surface area contributed by atoms with Crippen molar-refractivity contribution < 1.29 is 9.18 Å². The van der Waals surface area contributed by atoms with Gasteiger partial charge in [0.15, 0.2) is 0 Å². The molecular formula is C14H10Br2FNO. The quantitative estimate of drug-likeness (QED) is 0.780. The van der Waals surface area contributed by atoms with Crippen molar-refractivity contribution in [1.29, 1.82) is 0 Å². The van der Waals surface area contributed by atoms with E-state index in [2.05, 4.69) is 37.2 Å². The molecule has 0 aliphatic heterocycles. The summed E-state index contributed by atoms with van der Waals surface area (Å²) in [6, 6.07) is 9.93. The number of carbonyl (C=O) groups is 1. The van der Waals surface area contributed by atoms with E-state index in [1.165, 1.54) is 6.07 Å². The number of hydrogen-bond donors (Lipinski definition) is 1.